The van der Waals surface area contributed by atoms with Crippen LogP contribution in [0.2, 0.25) is 0 Å². The minimum absolute atomic E-state index is 0.0564. The summed E-state index contributed by atoms with van der Waals surface area (Å²) < 4.78 is 5.88. The molecule has 1 fully saturated rings. The third kappa shape index (κ3) is 5.36. The fraction of sp³-hybridized carbons (Fsp3) is 0.318. The van der Waals surface area contributed by atoms with Crippen LogP contribution in [0.3, 0.4) is 0 Å². The van der Waals surface area contributed by atoms with Gasteiger partial charge in [-0.05, 0) is 48.6 Å². The lowest BCUT2D eigenvalue weighted by Gasteiger charge is -2.14. The van der Waals surface area contributed by atoms with Crippen molar-refractivity contribution in [2.24, 2.45) is 5.92 Å². The van der Waals surface area contributed by atoms with Crippen molar-refractivity contribution in [3.63, 3.8) is 0 Å². The van der Waals surface area contributed by atoms with E-state index in [9.17, 15) is 4.79 Å². The summed E-state index contributed by atoms with van der Waals surface area (Å²) in [5.74, 6) is 0.348. The molecule has 0 radical (unpaired) electrons. The van der Waals surface area contributed by atoms with Gasteiger partial charge in [0.15, 0.2) is 5.58 Å². The highest BCUT2D eigenvalue weighted by atomic mass is 16.4. The first-order chi connectivity index (χ1) is 14.6. The number of aliphatic hydroxyl groups is 1. The van der Waals surface area contributed by atoms with E-state index in [-0.39, 0.29) is 25.5 Å². The molecule has 1 aliphatic heterocycles. The van der Waals surface area contributed by atoms with Crippen molar-refractivity contribution in [3.8, 4) is 0 Å². The molecular weight excluding hydrogens is 386 g/mol. The number of oxazole rings is 1. The summed E-state index contributed by atoms with van der Waals surface area (Å²) in [7, 11) is 0. The third-order valence-electron chi connectivity index (χ3n) is 4.95. The highest BCUT2D eigenvalue weighted by molar-refractivity contribution is 5.94. The molecule has 0 spiro atoms. The predicted octanol–water partition coefficient (Wildman–Crippen LogP) is 2.32. The van der Waals surface area contributed by atoms with Crippen LogP contribution in [0.1, 0.15) is 22.3 Å². The number of aliphatic hydroxyl groups excluding tert-OH is 1. The number of amides is 1. The molecule has 30 heavy (non-hydrogen) atoms. The molecule has 1 atom stereocenters. The molecule has 2 aromatic carbocycles. The molecule has 0 saturated carbocycles. The van der Waals surface area contributed by atoms with Crippen LogP contribution in [-0.2, 0) is 11.2 Å². The lowest BCUT2D eigenvalue weighted by Crippen LogP contribution is -2.26. The zero-order valence-corrected chi connectivity index (χ0v) is 16.5. The van der Waals surface area contributed by atoms with Crippen molar-refractivity contribution >= 4 is 29.5 Å². The zero-order chi connectivity index (χ0) is 21.3. The maximum Gasteiger partial charge on any atom is 0.298 e. The van der Waals surface area contributed by atoms with Crippen LogP contribution < -0.4 is 10.2 Å². The summed E-state index contributed by atoms with van der Waals surface area (Å²) in [6, 6.07) is 16.2. The van der Waals surface area contributed by atoms with Crippen LogP contribution in [-0.4, -0.2) is 53.8 Å². The fourth-order valence-corrected chi connectivity index (χ4v) is 3.61. The summed E-state index contributed by atoms with van der Waals surface area (Å²) in [4.78, 5) is 27.2. The van der Waals surface area contributed by atoms with Gasteiger partial charge in [-0.25, -0.2) is 0 Å². The van der Waals surface area contributed by atoms with Crippen molar-refractivity contribution in [1.29, 1.82) is 0 Å². The van der Waals surface area contributed by atoms with Crippen molar-refractivity contribution in [3.05, 3.63) is 59.7 Å². The first-order valence-electron chi connectivity index (χ1n) is 9.81. The number of carboxylic acid groups (broad SMARTS) is 1. The number of hydrogen-bond donors (Lipinski definition) is 3. The van der Waals surface area contributed by atoms with E-state index < -0.39 is 0 Å². The molecule has 1 aliphatic rings. The van der Waals surface area contributed by atoms with Crippen LogP contribution in [0, 0.1) is 5.92 Å². The van der Waals surface area contributed by atoms with E-state index in [4.69, 9.17) is 19.4 Å². The SMILES string of the molecule is O=C(NCCO)c1cccc(CC2CCN(c3nc4ccccc4o3)C2)c1.O=CO. The van der Waals surface area contributed by atoms with Crippen LogP contribution in [0.4, 0.5) is 6.01 Å². The first-order valence-corrected chi connectivity index (χ1v) is 9.81. The molecule has 1 aromatic heterocycles. The third-order valence-corrected chi connectivity index (χ3v) is 4.95. The van der Waals surface area contributed by atoms with E-state index in [1.54, 1.807) is 6.07 Å². The maximum atomic E-state index is 12.1. The smallest absolute Gasteiger partial charge is 0.298 e. The van der Waals surface area contributed by atoms with Crippen molar-refractivity contribution in [1.82, 2.24) is 10.3 Å². The van der Waals surface area contributed by atoms with Gasteiger partial charge < -0.3 is 24.8 Å². The van der Waals surface area contributed by atoms with E-state index in [2.05, 4.69) is 21.3 Å². The number of aromatic nitrogens is 1. The van der Waals surface area contributed by atoms with E-state index >= 15 is 0 Å². The Morgan fingerprint density at radius 3 is 2.83 bits per heavy atom. The molecular formula is C22H25N3O5. The topological polar surface area (TPSA) is 116 Å². The summed E-state index contributed by atoms with van der Waals surface area (Å²) in [5.41, 5.74) is 3.49. The number of benzene rings is 2. The lowest BCUT2D eigenvalue weighted by molar-refractivity contribution is -0.122. The Kier molecular flexibility index (Phi) is 7.40. The average molecular weight is 411 g/mol. The first kappa shape index (κ1) is 21.3. The molecule has 1 amide bonds. The maximum absolute atomic E-state index is 12.1. The average Bonchev–Trinajstić information content (AvgIpc) is 3.39. The fourth-order valence-electron chi connectivity index (χ4n) is 3.61. The Labute approximate surface area is 174 Å². The van der Waals surface area contributed by atoms with Gasteiger partial charge in [-0.3, -0.25) is 9.59 Å². The molecule has 1 saturated heterocycles. The van der Waals surface area contributed by atoms with E-state index in [1.807, 2.05) is 36.4 Å². The molecule has 0 bridgehead atoms. The quantitative estimate of drug-likeness (QED) is 0.533. The van der Waals surface area contributed by atoms with E-state index in [1.165, 1.54) is 0 Å². The number of carbonyl (C=O) groups excluding carboxylic acids is 1. The highest BCUT2D eigenvalue weighted by Gasteiger charge is 2.26. The van der Waals surface area contributed by atoms with Crippen molar-refractivity contribution in [2.45, 2.75) is 12.8 Å². The van der Waals surface area contributed by atoms with E-state index in [0.29, 0.717) is 17.5 Å². The minimum atomic E-state index is -0.250. The van der Waals surface area contributed by atoms with Crippen LogP contribution in [0.15, 0.2) is 52.9 Å². The molecule has 2 heterocycles. The van der Waals surface area contributed by atoms with Gasteiger partial charge in [0.05, 0.1) is 6.61 Å². The summed E-state index contributed by atoms with van der Waals surface area (Å²) in [6.45, 7) is 1.78. The zero-order valence-electron chi connectivity index (χ0n) is 16.5. The van der Waals surface area contributed by atoms with Gasteiger partial charge in [-0.2, -0.15) is 4.98 Å². The van der Waals surface area contributed by atoms with Gasteiger partial charge in [0.1, 0.15) is 5.52 Å². The van der Waals surface area contributed by atoms with Crippen LogP contribution in [0.5, 0.6) is 0 Å². The summed E-state index contributed by atoms with van der Waals surface area (Å²) in [5, 5.41) is 18.4. The van der Waals surface area contributed by atoms with Crippen molar-refractivity contribution in [2.75, 3.05) is 31.1 Å². The second kappa shape index (κ2) is 10.4. The standard InChI is InChI=1S/C21H23N3O3.CH2O2/c25-11-9-22-20(26)17-5-3-4-15(13-17)12-16-8-10-24(14-16)21-23-18-6-1-2-7-19(18)27-21;2-1-3/h1-7,13,16,25H,8-12,14H2,(H,22,26);1H,(H,2,3). The number of para-hydroxylation sites is 2. The molecule has 4 rings (SSSR count). The number of anilines is 1. The Hall–Kier alpha value is -3.39. The Morgan fingerprint density at radius 2 is 2.07 bits per heavy atom. The molecule has 3 N–H and O–H groups in total. The number of nitrogens with one attached hydrogen (secondary N) is 1. The predicted molar refractivity (Wildman–Crippen MR) is 113 cm³/mol. The van der Waals surface area contributed by atoms with Gasteiger partial charge in [0.25, 0.3) is 18.4 Å². The molecule has 8 heteroatoms. The Balaban J connectivity index is 0.000000806. The molecule has 158 valence electrons. The normalized spacial score (nSPS) is 15.5. The summed E-state index contributed by atoms with van der Waals surface area (Å²) >= 11 is 0. The van der Waals surface area contributed by atoms with Gasteiger partial charge in [-0.15, -0.1) is 0 Å². The number of rotatable bonds is 6. The molecule has 3 aromatic rings. The van der Waals surface area contributed by atoms with E-state index in [0.717, 1.165) is 42.6 Å². The van der Waals surface area contributed by atoms with Gasteiger partial charge in [-0.1, -0.05) is 24.3 Å². The summed E-state index contributed by atoms with van der Waals surface area (Å²) in [6.07, 6.45) is 1.98. The molecule has 8 nitrogen and oxygen atoms in total. The van der Waals surface area contributed by atoms with Gasteiger partial charge in [0, 0.05) is 25.2 Å². The Morgan fingerprint density at radius 1 is 1.27 bits per heavy atom. The van der Waals surface area contributed by atoms with Gasteiger partial charge in [0.2, 0.25) is 0 Å². The molecule has 1 unspecified atom stereocenters. The molecule has 0 aliphatic carbocycles. The second-order valence-corrected chi connectivity index (χ2v) is 7.05. The van der Waals surface area contributed by atoms with Crippen molar-refractivity contribution < 1.29 is 24.2 Å². The lowest BCUT2D eigenvalue weighted by atomic mass is 9.97. The van der Waals surface area contributed by atoms with Gasteiger partial charge >= 0.3 is 0 Å². The second-order valence-electron chi connectivity index (χ2n) is 7.05. The largest absolute Gasteiger partial charge is 0.483 e. The monoisotopic (exact) mass is 411 g/mol. The highest BCUT2D eigenvalue weighted by Crippen LogP contribution is 2.28. The Bertz CT molecular complexity index is 955. The van der Waals surface area contributed by atoms with Crippen LogP contribution in [0.25, 0.3) is 11.1 Å². The van der Waals surface area contributed by atoms with Crippen LogP contribution >= 0.6 is 0 Å². The minimum Gasteiger partial charge on any atom is -0.483 e. The number of hydrogen-bond acceptors (Lipinski definition) is 6. The number of carbonyl (C=O) groups is 2. The number of nitrogens with zero attached hydrogens (tertiary/aromatic N) is 2. The number of fused-ring (bicyclic) bond motifs is 1.